The zero-order valence-electron chi connectivity index (χ0n) is 9.45. The monoisotopic (exact) mass is 253 g/mol. The van der Waals surface area contributed by atoms with Crippen molar-refractivity contribution >= 4 is 11.6 Å². The van der Waals surface area contributed by atoms with Crippen LogP contribution in [0.3, 0.4) is 0 Å². The maximum absolute atomic E-state index is 13.2. The maximum Gasteiger partial charge on any atom is 0.142 e. The van der Waals surface area contributed by atoms with E-state index in [-0.39, 0.29) is 5.02 Å². The smallest absolute Gasteiger partial charge is 0.142 e. The van der Waals surface area contributed by atoms with Crippen LogP contribution in [0.1, 0.15) is 11.1 Å². The highest BCUT2D eigenvalue weighted by Gasteiger charge is 2.03. The first-order valence-electron chi connectivity index (χ1n) is 5.29. The Bertz CT molecular complexity index is 510. The average molecular weight is 254 g/mol. The van der Waals surface area contributed by atoms with E-state index in [1.165, 1.54) is 6.07 Å². The van der Waals surface area contributed by atoms with E-state index in [1.807, 2.05) is 13.2 Å². The maximum atomic E-state index is 13.2. The second kappa shape index (κ2) is 5.29. The van der Waals surface area contributed by atoms with Gasteiger partial charge in [0.15, 0.2) is 0 Å². The third kappa shape index (κ3) is 3.05. The predicted octanol–water partition coefficient (Wildman–Crippen LogP) is 2.44. The summed E-state index contributed by atoms with van der Waals surface area (Å²) < 4.78 is 15.0. The molecule has 17 heavy (non-hydrogen) atoms. The highest BCUT2D eigenvalue weighted by molar-refractivity contribution is 6.30. The summed E-state index contributed by atoms with van der Waals surface area (Å²) in [5, 5.41) is 7.39. The van der Waals surface area contributed by atoms with Gasteiger partial charge in [-0.15, -0.1) is 0 Å². The lowest BCUT2D eigenvalue weighted by atomic mass is 10.2. The molecule has 0 amide bonds. The largest absolute Gasteiger partial charge is 0.316 e. The van der Waals surface area contributed by atoms with E-state index >= 15 is 0 Å². The standard InChI is InChI=1S/C12H13ClFN3/c1-15-5-10-6-16-17(8-10)7-9-2-3-11(13)12(14)4-9/h2-4,6,8,15H,5,7H2,1H3. The van der Waals surface area contributed by atoms with Crippen LogP contribution in [0.25, 0.3) is 0 Å². The van der Waals surface area contributed by atoms with Crippen LogP contribution < -0.4 is 5.32 Å². The Kier molecular flexibility index (Phi) is 3.76. The summed E-state index contributed by atoms with van der Waals surface area (Å²) in [4.78, 5) is 0. The van der Waals surface area contributed by atoms with Crippen LogP contribution in [0.5, 0.6) is 0 Å². The van der Waals surface area contributed by atoms with Crippen molar-refractivity contribution in [3.63, 3.8) is 0 Å². The Balaban J connectivity index is 2.11. The summed E-state index contributed by atoms with van der Waals surface area (Å²) in [7, 11) is 1.88. The molecule has 0 unspecified atom stereocenters. The molecule has 3 nitrogen and oxygen atoms in total. The topological polar surface area (TPSA) is 29.9 Å². The number of aromatic nitrogens is 2. The first kappa shape index (κ1) is 12.1. The van der Waals surface area contributed by atoms with Gasteiger partial charge in [0.1, 0.15) is 5.82 Å². The van der Waals surface area contributed by atoms with Gasteiger partial charge in [-0.2, -0.15) is 5.10 Å². The fourth-order valence-corrected chi connectivity index (χ4v) is 1.73. The predicted molar refractivity (Wildman–Crippen MR) is 65.5 cm³/mol. The molecule has 0 atom stereocenters. The summed E-state index contributed by atoms with van der Waals surface area (Å²) >= 11 is 5.62. The third-order valence-electron chi connectivity index (χ3n) is 2.40. The van der Waals surface area contributed by atoms with Crippen LogP contribution in [0.15, 0.2) is 30.6 Å². The number of rotatable bonds is 4. The van der Waals surface area contributed by atoms with Crippen LogP contribution in [-0.2, 0) is 13.1 Å². The molecule has 1 aromatic carbocycles. The van der Waals surface area contributed by atoms with Gasteiger partial charge in [0.2, 0.25) is 0 Å². The molecule has 1 aromatic heterocycles. The van der Waals surface area contributed by atoms with Gasteiger partial charge in [0, 0.05) is 18.3 Å². The Morgan fingerprint density at radius 3 is 2.94 bits per heavy atom. The second-order valence-corrected chi connectivity index (χ2v) is 4.23. The summed E-state index contributed by atoms with van der Waals surface area (Å²) in [6.45, 7) is 1.31. The number of halogens is 2. The molecular formula is C12H13ClFN3. The van der Waals surface area contributed by atoms with Gasteiger partial charge in [-0.25, -0.2) is 4.39 Å². The molecule has 1 N–H and O–H groups in total. The first-order valence-corrected chi connectivity index (χ1v) is 5.66. The van der Waals surface area contributed by atoms with Gasteiger partial charge in [0.25, 0.3) is 0 Å². The van der Waals surface area contributed by atoms with Crippen molar-refractivity contribution in [3.05, 3.63) is 52.6 Å². The Labute approximate surface area is 104 Å². The van der Waals surface area contributed by atoms with Crippen molar-refractivity contribution < 1.29 is 4.39 Å². The minimum absolute atomic E-state index is 0.144. The Morgan fingerprint density at radius 1 is 1.41 bits per heavy atom. The molecule has 0 saturated carbocycles. The molecule has 0 saturated heterocycles. The van der Waals surface area contributed by atoms with Gasteiger partial charge in [-0.1, -0.05) is 17.7 Å². The molecule has 90 valence electrons. The second-order valence-electron chi connectivity index (χ2n) is 3.82. The molecule has 0 fully saturated rings. The van der Waals surface area contributed by atoms with Gasteiger partial charge < -0.3 is 5.32 Å². The minimum Gasteiger partial charge on any atom is -0.316 e. The van der Waals surface area contributed by atoms with Gasteiger partial charge >= 0.3 is 0 Å². The summed E-state index contributed by atoms with van der Waals surface area (Å²) in [5.41, 5.74) is 1.94. The molecule has 1 heterocycles. The van der Waals surface area contributed by atoms with Gasteiger partial charge in [0.05, 0.1) is 17.8 Å². The minimum atomic E-state index is -0.397. The zero-order chi connectivity index (χ0) is 12.3. The molecule has 0 aliphatic carbocycles. The van der Waals surface area contributed by atoms with E-state index in [1.54, 1.807) is 23.0 Å². The molecule has 0 aliphatic heterocycles. The van der Waals surface area contributed by atoms with Gasteiger partial charge in [-0.05, 0) is 24.7 Å². The molecule has 0 aliphatic rings. The van der Waals surface area contributed by atoms with E-state index in [0.717, 1.165) is 17.7 Å². The summed E-state index contributed by atoms with van der Waals surface area (Å²) in [6, 6.07) is 4.79. The molecular weight excluding hydrogens is 241 g/mol. The van der Waals surface area contributed by atoms with Crippen LogP contribution in [0, 0.1) is 5.82 Å². The molecule has 5 heteroatoms. The summed E-state index contributed by atoms with van der Waals surface area (Å²) in [6.07, 6.45) is 3.73. The van der Waals surface area contributed by atoms with Crippen molar-refractivity contribution in [3.8, 4) is 0 Å². The molecule has 0 radical (unpaired) electrons. The fourth-order valence-electron chi connectivity index (χ4n) is 1.61. The normalized spacial score (nSPS) is 10.8. The van der Waals surface area contributed by atoms with Crippen molar-refractivity contribution in [2.24, 2.45) is 0 Å². The quantitative estimate of drug-likeness (QED) is 0.907. The van der Waals surface area contributed by atoms with E-state index in [0.29, 0.717) is 6.54 Å². The van der Waals surface area contributed by atoms with E-state index in [2.05, 4.69) is 10.4 Å². The van der Waals surface area contributed by atoms with E-state index in [4.69, 9.17) is 11.6 Å². The SMILES string of the molecule is CNCc1cnn(Cc2ccc(Cl)c(F)c2)c1. The first-order chi connectivity index (χ1) is 8.19. The number of benzene rings is 1. The lowest BCUT2D eigenvalue weighted by Crippen LogP contribution is -2.04. The Hall–Kier alpha value is -1.39. The van der Waals surface area contributed by atoms with E-state index in [9.17, 15) is 4.39 Å². The van der Waals surface area contributed by atoms with Crippen molar-refractivity contribution in [1.29, 1.82) is 0 Å². The lowest BCUT2D eigenvalue weighted by molar-refractivity contribution is 0.619. The highest BCUT2D eigenvalue weighted by Crippen LogP contribution is 2.16. The van der Waals surface area contributed by atoms with Crippen molar-refractivity contribution in [2.45, 2.75) is 13.1 Å². The van der Waals surface area contributed by atoms with Crippen LogP contribution in [-0.4, -0.2) is 16.8 Å². The third-order valence-corrected chi connectivity index (χ3v) is 2.70. The number of nitrogens with zero attached hydrogens (tertiary/aromatic N) is 2. The summed E-state index contributed by atoms with van der Waals surface area (Å²) in [5.74, 6) is -0.397. The van der Waals surface area contributed by atoms with Crippen LogP contribution >= 0.6 is 11.6 Å². The lowest BCUT2D eigenvalue weighted by Gasteiger charge is -2.02. The fraction of sp³-hybridized carbons (Fsp3) is 0.250. The van der Waals surface area contributed by atoms with Crippen LogP contribution in [0.2, 0.25) is 5.02 Å². The van der Waals surface area contributed by atoms with Gasteiger partial charge in [-0.3, -0.25) is 4.68 Å². The number of hydrogen-bond donors (Lipinski definition) is 1. The van der Waals surface area contributed by atoms with E-state index < -0.39 is 5.82 Å². The molecule has 2 rings (SSSR count). The Morgan fingerprint density at radius 2 is 2.24 bits per heavy atom. The number of hydrogen-bond acceptors (Lipinski definition) is 2. The number of nitrogens with one attached hydrogen (secondary N) is 1. The molecule has 0 spiro atoms. The van der Waals surface area contributed by atoms with Crippen molar-refractivity contribution in [1.82, 2.24) is 15.1 Å². The average Bonchev–Trinajstić information content (AvgIpc) is 2.72. The molecule has 2 aromatic rings. The highest BCUT2D eigenvalue weighted by atomic mass is 35.5. The zero-order valence-corrected chi connectivity index (χ0v) is 10.2. The van der Waals surface area contributed by atoms with Crippen molar-refractivity contribution in [2.75, 3.05) is 7.05 Å². The molecule has 0 bridgehead atoms. The van der Waals surface area contributed by atoms with Crippen LogP contribution in [0.4, 0.5) is 4.39 Å².